The molecule has 0 heterocycles. The van der Waals surface area contributed by atoms with Crippen molar-refractivity contribution < 1.29 is 4.79 Å². The maximum Gasteiger partial charge on any atom is 0.257 e. The second-order valence-corrected chi connectivity index (χ2v) is 5.82. The van der Waals surface area contributed by atoms with Gasteiger partial charge in [0.05, 0.1) is 0 Å². The van der Waals surface area contributed by atoms with Crippen LogP contribution in [0.25, 0.3) is 10.8 Å². The van der Waals surface area contributed by atoms with E-state index >= 15 is 0 Å². The van der Waals surface area contributed by atoms with E-state index in [1.165, 1.54) is 0 Å². The van der Waals surface area contributed by atoms with Crippen molar-refractivity contribution in [2.24, 2.45) is 0 Å². The molecule has 3 aromatic carbocycles. The monoisotopic (exact) mass is 340 g/mol. The summed E-state index contributed by atoms with van der Waals surface area (Å²) in [7, 11) is 0. The molecule has 0 unspecified atom stereocenters. The third-order valence-corrected chi connectivity index (χ3v) is 3.80. The first kappa shape index (κ1) is 15.5. The molecule has 0 bridgehead atoms. The van der Waals surface area contributed by atoms with Gasteiger partial charge in [-0.05, 0) is 59.4 Å². The molecular weight excluding hydrogens is 328 g/mol. The number of halogens is 1. The van der Waals surface area contributed by atoms with Crippen molar-refractivity contribution in [2.75, 3.05) is 5.32 Å². The molecule has 0 aliphatic heterocycles. The zero-order valence-electron chi connectivity index (χ0n) is 12.0. The molecule has 3 nitrogen and oxygen atoms in total. The highest BCUT2D eigenvalue weighted by atomic mass is 35.5. The Balaban J connectivity index is 1.69. The van der Waals surface area contributed by atoms with Crippen LogP contribution in [0.4, 0.5) is 5.69 Å². The Hall–Kier alpha value is -2.43. The lowest BCUT2D eigenvalue weighted by molar-refractivity contribution is 0.0978. The van der Waals surface area contributed by atoms with Gasteiger partial charge < -0.3 is 5.32 Å². The van der Waals surface area contributed by atoms with Crippen molar-refractivity contribution in [3.8, 4) is 0 Å². The van der Waals surface area contributed by atoms with Crippen LogP contribution in [0.5, 0.6) is 0 Å². The zero-order valence-corrected chi connectivity index (χ0v) is 13.6. The van der Waals surface area contributed by atoms with E-state index < -0.39 is 0 Å². The first-order valence-electron chi connectivity index (χ1n) is 6.98. The lowest BCUT2D eigenvalue weighted by atomic mass is 10.1. The standard InChI is InChI=1S/C18H13ClN2OS/c19-15-7-9-16(10-8-15)20-18(23)21-17(22)14-6-5-12-3-1-2-4-13(12)11-14/h1-11H,(H2,20,21,22,23). The fraction of sp³-hybridized carbons (Fsp3) is 0. The maximum atomic E-state index is 12.3. The van der Waals surface area contributed by atoms with Crippen molar-refractivity contribution in [3.63, 3.8) is 0 Å². The summed E-state index contributed by atoms with van der Waals surface area (Å²) < 4.78 is 0. The number of nitrogens with one attached hydrogen (secondary N) is 2. The number of carbonyl (C=O) groups excluding carboxylic acids is 1. The molecule has 0 saturated heterocycles. The van der Waals surface area contributed by atoms with E-state index in [4.69, 9.17) is 23.8 Å². The van der Waals surface area contributed by atoms with Crippen LogP contribution in [0.15, 0.2) is 66.7 Å². The molecule has 23 heavy (non-hydrogen) atoms. The second kappa shape index (κ2) is 6.77. The molecule has 0 spiro atoms. The zero-order chi connectivity index (χ0) is 16.2. The highest BCUT2D eigenvalue weighted by Crippen LogP contribution is 2.16. The van der Waals surface area contributed by atoms with Gasteiger partial charge in [0.15, 0.2) is 5.11 Å². The van der Waals surface area contributed by atoms with E-state index in [0.29, 0.717) is 10.6 Å². The van der Waals surface area contributed by atoms with Crippen LogP contribution in [0.3, 0.4) is 0 Å². The van der Waals surface area contributed by atoms with Crippen LogP contribution in [0, 0.1) is 0 Å². The summed E-state index contributed by atoms with van der Waals surface area (Å²) in [5.74, 6) is -0.248. The Morgan fingerprint density at radius 3 is 2.35 bits per heavy atom. The molecule has 5 heteroatoms. The number of amides is 1. The van der Waals surface area contributed by atoms with Crippen molar-refractivity contribution in [2.45, 2.75) is 0 Å². The summed E-state index contributed by atoms with van der Waals surface area (Å²) >= 11 is 11.0. The minimum Gasteiger partial charge on any atom is -0.332 e. The van der Waals surface area contributed by atoms with E-state index in [2.05, 4.69) is 10.6 Å². The first-order chi connectivity index (χ1) is 11.1. The third-order valence-electron chi connectivity index (χ3n) is 3.34. The SMILES string of the molecule is O=C(NC(=S)Nc1ccc(Cl)cc1)c1ccc2ccccc2c1. The third kappa shape index (κ3) is 3.86. The number of rotatable bonds is 2. The molecule has 3 rings (SSSR count). The quantitative estimate of drug-likeness (QED) is 0.669. The second-order valence-electron chi connectivity index (χ2n) is 4.98. The largest absolute Gasteiger partial charge is 0.332 e. The molecule has 0 aromatic heterocycles. The van der Waals surface area contributed by atoms with Crippen LogP contribution in [-0.2, 0) is 0 Å². The molecular formula is C18H13ClN2OS. The number of fused-ring (bicyclic) bond motifs is 1. The van der Waals surface area contributed by atoms with Gasteiger partial charge in [0.2, 0.25) is 0 Å². The summed E-state index contributed by atoms with van der Waals surface area (Å²) in [6.07, 6.45) is 0. The molecule has 0 saturated carbocycles. The molecule has 0 aliphatic carbocycles. The number of hydrogen-bond donors (Lipinski definition) is 2. The van der Waals surface area contributed by atoms with Crippen LogP contribution >= 0.6 is 23.8 Å². The molecule has 0 atom stereocenters. The molecule has 114 valence electrons. The number of hydrogen-bond acceptors (Lipinski definition) is 2. The highest BCUT2D eigenvalue weighted by Gasteiger charge is 2.08. The van der Waals surface area contributed by atoms with Gasteiger partial charge in [-0.25, -0.2) is 0 Å². The van der Waals surface area contributed by atoms with Crippen LogP contribution in [0.1, 0.15) is 10.4 Å². The Kier molecular flexibility index (Phi) is 4.55. The summed E-state index contributed by atoms with van der Waals surface area (Å²) in [6.45, 7) is 0. The lowest BCUT2D eigenvalue weighted by Gasteiger charge is -2.10. The van der Waals surface area contributed by atoms with E-state index in [1.54, 1.807) is 30.3 Å². The van der Waals surface area contributed by atoms with Gasteiger partial charge in [-0.15, -0.1) is 0 Å². The number of carbonyl (C=O) groups is 1. The maximum absolute atomic E-state index is 12.3. The average Bonchev–Trinajstić information content (AvgIpc) is 2.56. The van der Waals surface area contributed by atoms with E-state index in [9.17, 15) is 4.79 Å². The predicted molar refractivity (Wildman–Crippen MR) is 99.1 cm³/mol. The Morgan fingerprint density at radius 2 is 1.61 bits per heavy atom. The smallest absolute Gasteiger partial charge is 0.257 e. The van der Waals surface area contributed by atoms with Gasteiger partial charge >= 0.3 is 0 Å². The van der Waals surface area contributed by atoms with Gasteiger partial charge in [-0.1, -0.05) is 41.9 Å². The number of anilines is 1. The fourth-order valence-corrected chi connectivity index (χ4v) is 2.54. The van der Waals surface area contributed by atoms with Gasteiger partial charge in [-0.2, -0.15) is 0 Å². The van der Waals surface area contributed by atoms with Gasteiger partial charge in [0, 0.05) is 16.3 Å². The van der Waals surface area contributed by atoms with Gasteiger partial charge in [-0.3, -0.25) is 10.1 Å². The Labute approximate surface area is 144 Å². The molecule has 3 aromatic rings. The molecule has 0 aliphatic rings. The first-order valence-corrected chi connectivity index (χ1v) is 7.77. The summed E-state index contributed by atoms with van der Waals surface area (Å²) in [5.41, 5.74) is 1.32. The van der Waals surface area contributed by atoms with Crippen LogP contribution in [-0.4, -0.2) is 11.0 Å². The average molecular weight is 341 g/mol. The van der Waals surface area contributed by atoms with Crippen molar-refractivity contribution >= 4 is 51.3 Å². The fourth-order valence-electron chi connectivity index (χ4n) is 2.20. The number of benzene rings is 3. The normalized spacial score (nSPS) is 10.3. The van der Waals surface area contributed by atoms with E-state index in [-0.39, 0.29) is 11.0 Å². The Bertz CT molecular complexity index is 878. The molecule has 0 fully saturated rings. The Morgan fingerprint density at radius 1 is 0.913 bits per heavy atom. The van der Waals surface area contributed by atoms with Crippen LogP contribution in [0.2, 0.25) is 5.02 Å². The molecule has 0 radical (unpaired) electrons. The van der Waals surface area contributed by atoms with E-state index in [0.717, 1.165) is 16.5 Å². The summed E-state index contributed by atoms with van der Waals surface area (Å²) in [5, 5.41) is 8.60. The van der Waals surface area contributed by atoms with Crippen molar-refractivity contribution in [1.29, 1.82) is 0 Å². The summed E-state index contributed by atoms with van der Waals surface area (Å²) in [6, 6.07) is 20.5. The van der Waals surface area contributed by atoms with Crippen molar-refractivity contribution in [1.82, 2.24) is 5.32 Å². The van der Waals surface area contributed by atoms with E-state index in [1.807, 2.05) is 36.4 Å². The molecule has 1 amide bonds. The molecule has 2 N–H and O–H groups in total. The van der Waals surface area contributed by atoms with Crippen LogP contribution < -0.4 is 10.6 Å². The predicted octanol–water partition coefficient (Wildman–Crippen LogP) is 4.62. The topological polar surface area (TPSA) is 41.1 Å². The van der Waals surface area contributed by atoms with Gasteiger partial charge in [0.1, 0.15) is 0 Å². The highest BCUT2D eigenvalue weighted by molar-refractivity contribution is 7.80. The minimum absolute atomic E-state index is 0.241. The number of thiocarbonyl (C=S) groups is 1. The minimum atomic E-state index is -0.248. The lowest BCUT2D eigenvalue weighted by Crippen LogP contribution is -2.34. The van der Waals surface area contributed by atoms with Gasteiger partial charge in [0.25, 0.3) is 5.91 Å². The summed E-state index contributed by atoms with van der Waals surface area (Å²) in [4.78, 5) is 12.3. The van der Waals surface area contributed by atoms with Crippen molar-refractivity contribution in [3.05, 3.63) is 77.3 Å².